The van der Waals surface area contributed by atoms with Gasteiger partial charge in [0, 0.05) is 16.5 Å². The fraction of sp³-hybridized carbons (Fsp3) is 0.400. The van der Waals surface area contributed by atoms with Gasteiger partial charge >= 0.3 is 5.97 Å². The first-order valence-electron chi connectivity index (χ1n) is 8.78. The predicted octanol–water partition coefficient (Wildman–Crippen LogP) is 4.11. The van der Waals surface area contributed by atoms with Crippen LogP contribution in [0.3, 0.4) is 0 Å². The van der Waals surface area contributed by atoms with Crippen molar-refractivity contribution in [2.75, 3.05) is 11.1 Å². The molecule has 0 fully saturated rings. The van der Waals surface area contributed by atoms with E-state index in [9.17, 15) is 13.8 Å². The summed E-state index contributed by atoms with van der Waals surface area (Å²) in [5.74, 6) is -1.17. The molecule has 0 radical (unpaired) electrons. The van der Waals surface area contributed by atoms with Crippen LogP contribution in [0.15, 0.2) is 34.7 Å². The van der Waals surface area contributed by atoms with Crippen LogP contribution in [0.1, 0.15) is 67.0 Å². The normalized spacial score (nSPS) is 12.4. The molecule has 0 bridgehead atoms. The Morgan fingerprint density at radius 1 is 1.07 bits per heavy atom. The predicted molar refractivity (Wildman–Crippen MR) is 106 cm³/mol. The summed E-state index contributed by atoms with van der Waals surface area (Å²) in [6.07, 6.45) is 0. The Morgan fingerprint density at radius 2 is 1.67 bits per heavy atom. The van der Waals surface area contributed by atoms with Crippen LogP contribution in [0, 0.1) is 0 Å². The van der Waals surface area contributed by atoms with Gasteiger partial charge in [-0.2, -0.15) is 0 Å². The number of nitrogens with one attached hydrogen (secondary N) is 1. The van der Waals surface area contributed by atoms with E-state index in [0.29, 0.717) is 0 Å². The van der Waals surface area contributed by atoms with Gasteiger partial charge in [0.25, 0.3) is 0 Å². The van der Waals surface area contributed by atoms with Gasteiger partial charge in [0.2, 0.25) is 11.7 Å². The lowest BCUT2D eigenvalue weighted by atomic mass is 9.92. The minimum Gasteiger partial charge on any atom is -0.475 e. The van der Waals surface area contributed by atoms with E-state index in [1.165, 1.54) is 12.1 Å². The van der Waals surface area contributed by atoms with E-state index in [4.69, 9.17) is 9.52 Å². The van der Waals surface area contributed by atoms with Crippen LogP contribution in [0.25, 0.3) is 0 Å². The van der Waals surface area contributed by atoms with Gasteiger partial charge in [-0.25, -0.2) is 4.79 Å². The number of carbonyl (C=O) groups is 2. The molecule has 27 heavy (non-hydrogen) atoms. The first-order chi connectivity index (χ1) is 12.7. The zero-order valence-electron chi connectivity index (χ0n) is 15.9. The third-order valence-corrected chi connectivity index (χ3v) is 5.30. The summed E-state index contributed by atoms with van der Waals surface area (Å²) in [5.41, 5.74) is 2.87. The van der Waals surface area contributed by atoms with E-state index in [1.54, 1.807) is 0 Å². The number of benzene rings is 1. The fourth-order valence-corrected chi connectivity index (χ4v) is 3.74. The molecular weight excluding hydrogens is 366 g/mol. The Hall–Kier alpha value is -2.41. The Kier molecular flexibility index (Phi) is 6.96. The molecule has 0 aliphatic rings. The number of anilines is 1. The standard InChI is InChI=1S/C20H25NO5S/c1-12(2)15-6-5-7-16(13(3)4)19(15)21-18(22)11-27(25)10-14-8-9-17(26-14)20(23)24/h5-9,12-13H,10-11H2,1-4H3,(H,21,22)(H,23,24). The lowest BCUT2D eigenvalue weighted by Crippen LogP contribution is -2.22. The van der Waals surface area contributed by atoms with Crippen molar-refractivity contribution in [3.05, 3.63) is 53.0 Å². The number of hydrogen-bond donors (Lipinski definition) is 2. The Morgan fingerprint density at radius 3 is 2.15 bits per heavy atom. The average Bonchev–Trinajstić information content (AvgIpc) is 3.02. The number of furan rings is 1. The van der Waals surface area contributed by atoms with Gasteiger partial charge in [-0.15, -0.1) is 0 Å². The molecule has 0 saturated heterocycles. The molecule has 1 atom stereocenters. The van der Waals surface area contributed by atoms with Crippen molar-refractivity contribution in [2.45, 2.75) is 45.3 Å². The van der Waals surface area contributed by atoms with E-state index in [2.05, 4.69) is 33.0 Å². The molecule has 146 valence electrons. The number of rotatable bonds is 8. The fourth-order valence-electron chi connectivity index (χ4n) is 2.80. The van der Waals surface area contributed by atoms with Gasteiger partial charge < -0.3 is 14.8 Å². The Labute approximate surface area is 161 Å². The summed E-state index contributed by atoms with van der Waals surface area (Å²) in [5, 5.41) is 11.8. The van der Waals surface area contributed by atoms with Crippen LogP contribution in [-0.4, -0.2) is 26.9 Å². The molecule has 1 heterocycles. The van der Waals surface area contributed by atoms with Crippen LogP contribution < -0.4 is 5.32 Å². The summed E-state index contributed by atoms with van der Waals surface area (Å²) in [7, 11) is -1.51. The van der Waals surface area contributed by atoms with Gasteiger partial charge in [-0.3, -0.25) is 9.00 Å². The van der Waals surface area contributed by atoms with Crippen molar-refractivity contribution in [2.24, 2.45) is 0 Å². The van der Waals surface area contributed by atoms with Crippen LogP contribution in [0.2, 0.25) is 0 Å². The third-order valence-electron chi connectivity index (χ3n) is 4.11. The number of carboxylic acid groups (broad SMARTS) is 1. The van der Waals surface area contributed by atoms with Crippen molar-refractivity contribution in [1.29, 1.82) is 0 Å². The molecule has 2 aromatic rings. The molecule has 0 aliphatic heterocycles. The molecule has 0 spiro atoms. The first-order valence-corrected chi connectivity index (χ1v) is 10.3. The van der Waals surface area contributed by atoms with E-state index in [0.717, 1.165) is 16.8 Å². The zero-order chi connectivity index (χ0) is 20.1. The van der Waals surface area contributed by atoms with Gasteiger partial charge in [-0.05, 0) is 35.1 Å². The second-order valence-corrected chi connectivity index (χ2v) is 8.43. The zero-order valence-corrected chi connectivity index (χ0v) is 16.8. The molecule has 0 saturated carbocycles. The molecule has 7 heteroatoms. The summed E-state index contributed by atoms with van der Waals surface area (Å²) in [4.78, 5) is 23.3. The maximum absolute atomic E-state index is 12.4. The molecule has 1 aromatic heterocycles. The number of hydrogen-bond acceptors (Lipinski definition) is 4. The Bertz CT molecular complexity index is 828. The topological polar surface area (TPSA) is 96.6 Å². The van der Waals surface area contributed by atoms with Crippen molar-refractivity contribution in [3.63, 3.8) is 0 Å². The minimum atomic E-state index is -1.51. The largest absolute Gasteiger partial charge is 0.475 e. The quantitative estimate of drug-likeness (QED) is 0.706. The lowest BCUT2D eigenvalue weighted by molar-refractivity contribution is -0.113. The van der Waals surface area contributed by atoms with Crippen molar-refractivity contribution >= 4 is 28.4 Å². The van der Waals surface area contributed by atoms with Gasteiger partial charge in [0.1, 0.15) is 11.5 Å². The second kappa shape index (κ2) is 8.99. The molecule has 1 aromatic carbocycles. The number of amides is 1. The highest BCUT2D eigenvalue weighted by atomic mass is 32.2. The molecular formula is C20H25NO5S. The monoisotopic (exact) mass is 391 g/mol. The summed E-state index contributed by atoms with van der Waals surface area (Å²) < 4.78 is 17.4. The number of para-hydroxylation sites is 1. The summed E-state index contributed by atoms with van der Waals surface area (Å²) in [6, 6.07) is 8.72. The van der Waals surface area contributed by atoms with Crippen molar-refractivity contribution in [1.82, 2.24) is 0 Å². The van der Waals surface area contributed by atoms with Crippen LogP contribution >= 0.6 is 0 Å². The third kappa shape index (κ3) is 5.53. The van der Waals surface area contributed by atoms with Crippen molar-refractivity contribution in [3.8, 4) is 0 Å². The van der Waals surface area contributed by atoms with Crippen LogP contribution in [0.5, 0.6) is 0 Å². The minimum absolute atomic E-state index is 0.0104. The molecule has 0 aliphatic carbocycles. The van der Waals surface area contributed by atoms with E-state index in [1.807, 2.05) is 18.2 Å². The lowest BCUT2D eigenvalue weighted by Gasteiger charge is -2.20. The Balaban J connectivity index is 2.08. The molecule has 1 unspecified atom stereocenters. The van der Waals surface area contributed by atoms with Gasteiger partial charge in [0.15, 0.2) is 0 Å². The van der Waals surface area contributed by atoms with E-state index in [-0.39, 0.29) is 40.8 Å². The molecule has 1 amide bonds. The van der Waals surface area contributed by atoms with Gasteiger partial charge in [0.05, 0.1) is 5.75 Å². The number of carboxylic acids is 1. The molecule has 6 nitrogen and oxygen atoms in total. The maximum atomic E-state index is 12.4. The SMILES string of the molecule is CC(C)c1cccc(C(C)C)c1NC(=O)CS(=O)Cc1ccc(C(=O)O)o1. The first kappa shape index (κ1) is 20.9. The van der Waals surface area contributed by atoms with Gasteiger partial charge in [-0.1, -0.05) is 45.9 Å². The van der Waals surface area contributed by atoms with E-state index < -0.39 is 16.8 Å². The molecule has 2 rings (SSSR count). The van der Waals surface area contributed by atoms with Crippen LogP contribution in [-0.2, 0) is 21.3 Å². The maximum Gasteiger partial charge on any atom is 0.371 e. The summed E-state index contributed by atoms with van der Waals surface area (Å²) >= 11 is 0. The highest BCUT2D eigenvalue weighted by molar-refractivity contribution is 7.84. The number of aromatic carboxylic acids is 1. The number of carbonyl (C=O) groups excluding carboxylic acids is 1. The summed E-state index contributed by atoms with van der Waals surface area (Å²) in [6.45, 7) is 8.24. The second-order valence-electron chi connectivity index (χ2n) is 6.97. The van der Waals surface area contributed by atoms with Crippen LogP contribution in [0.4, 0.5) is 5.69 Å². The highest BCUT2D eigenvalue weighted by Gasteiger charge is 2.18. The highest BCUT2D eigenvalue weighted by Crippen LogP contribution is 2.32. The average molecular weight is 391 g/mol. The van der Waals surface area contributed by atoms with E-state index >= 15 is 0 Å². The smallest absolute Gasteiger partial charge is 0.371 e. The van der Waals surface area contributed by atoms with Crippen molar-refractivity contribution < 1.29 is 23.3 Å². The molecule has 2 N–H and O–H groups in total.